The quantitative estimate of drug-likeness (QED) is 0.793. The average molecular weight is 399 g/mol. The molecule has 0 aromatic heterocycles. The number of ether oxygens (including phenoxy) is 1. The van der Waals surface area contributed by atoms with Gasteiger partial charge >= 0.3 is 0 Å². The van der Waals surface area contributed by atoms with Crippen molar-refractivity contribution in [2.45, 2.75) is 13.0 Å². The number of hydrogen-bond donors (Lipinski definition) is 0. The number of carbonyl (C=O) groups excluding carboxylic acids is 2. The summed E-state index contributed by atoms with van der Waals surface area (Å²) < 4.78 is 5.41. The van der Waals surface area contributed by atoms with Gasteiger partial charge in [0.2, 0.25) is 5.91 Å². The minimum Gasteiger partial charge on any atom is -0.496 e. The van der Waals surface area contributed by atoms with E-state index in [1.807, 2.05) is 28.0 Å². The van der Waals surface area contributed by atoms with Gasteiger partial charge in [-0.15, -0.1) is 0 Å². The molecular formula is C22H23ClN2O3. The minimum atomic E-state index is -0.0861. The lowest BCUT2D eigenvalue weighted by atomic mass is 9.89. The summed E-state index contributed by atoms with van der Waals surface area (Å²) in [5, 5.41) is 0.502. The highest BCUT2D eigenvalue weighted by molar-refractivity contribution is 6.31. The van der Waals surface area contributed by atoms with Crippen LogP contribution in [-0.2, 0) is 4.79 Å². The number of nitrogens with zero attached hydrogens (tertiary/aromatic N) is 2. The van der Waals surface area contributed by atoms with Gasteiger partial charge in [0.15, 0.2) is 0 Å². The predicted octanol–water partition coefficient (Wildman–Crippen LogP) is 3.64. The van der Waals surface area contributed by atoms with Crippen molar-refractivity contribution in [3.05, 3.63) is 64.7 Å². The molecule has 2 amide bonds. The number of benzene rings is 2. The lowest BCUT2D eigenvalue weighted by Crippen LogP contribution is -2.37. The third-order valence-corrected chi connectivity index (χ3v) is 6.14. The molecule has 28 heavy (non-hydrogen) atoms. The second kappa shape index (κ2) is 7.47. The first-order valence-corrected chi connectivity index (χ1v) is 9.82. The number of fused-ring (bicyclic) bond motifs is 1. The summed E-state index contributed by atoms with van der Waals surface area (Å²) in [7, 11) is 1.55. The Kier molecular flexibility index (Phi) is 5.02. The smallest absolute Gasteiger partial charge is 0.258 e. The molecule has 146 valence electrons. The number of halogens is 1. The first-order valence-electron chi connectivity index (χ1n) is 9.44. The summed E-state index contributed by atoms with van der Waals surface area (Å²) in [6.07, 6.45) is 0. The van der Waals surface area contributed by atoms with Gasteiger partial charge in [0.1, 0.15) is 5.75 Å². The minimum absolute atomic E-state index is 0.0771. The van der Waals surface area contributed by atoms with E-state index in [1.54, 1.807) is 32.2 Å². The van der Waals surface area contributed by atoms with Crippen LogP contribution in [0.5, 0.6) is 5.75 Å². The van der Waals surface area contributed by atoms with Gasteiger partial charge in [-0.1, -0.05) is 41.9 Å². The molecule has 3 atom stereocenters. The largest absolute Gasteiger partial charge is 0.496 e. The van der Waals surface area contributed by atoms with Gasteiger partial charge in [-0.3, -0.25) is 9.59 Å². The van der Waals surface area contributed by atoms with E-state index < -0.39 is 0 Å². The van der Waals surface area contributed by atoms with Crippen molar-refractivity contribution < 1.29 is 14.3 Å². The zero-order valence-corrected chi connectivity index (χ0v) is 16.7. The topological polar surface area (TPSA) is 49.9 Å². The fourth-order valence-corrected chi connectivity index (χ4v) is 4.76. The summed E-state index contributed by atoms with van der Waals surface area (Å²) in [5.41, 5.74) is 1.56. The first kappa shape index (κ1) is 18.8. The van der Waals surface area contributed by atoms with Gasteiger partial charge in [0.05, 0.1) is 18.7 Å². The summed E-state index contributed by atoms with van der Waals surface area (Å²) in [6, 6.07) is 15.1. The SMILES string of the molecule is COc1ccc(Cl)cc1C(=O)N1C[C@@H]2CN(C(C)=O)C[C@@H]2[C@@H]1c1ccccc1. The van der Waals surface area contributed by atoms with Crippen LogP contribution in [0.4, 0.5) is 0 Å². The molecule has 2 fully saturated rings. The Labute approximate surface area is 169 Å². The first-order chi connectivity index (χ1) is 13.5. The van der Waals surface area contributed by atoms with Crippen LogP contribution in [0.15, 0.2) is 48.5 Å². The molecule has 2 aliphatic heterocycles. The molecule has 2 aromatic carbocycles. The molecule has 2 saturated heterocycles. The number of rotatable bonds is 3. The summed E-state index contributed by atoms with van der Waals surface area (Å²) in [5.74, 6) is 1.01. The molecule has 2 aromatic rings. The molecule has 0 spiro atoms. The number of hydrogen-bond acceptors (Lipinski definition) is 3. The van der Waals surface area contributed by atoms with E-state index in [4.69, 9.17) is 16.3 Å². The van der Waals surface area contributed by atoms with Crippen LogP contribution in [0.2, 0.25) is 5.02 Å². The molecular weight excluding hydrogens is 376 g/mol. The van der Waals surface area contributed by atoms with E-state index in [9.17, 15) is 9.59 Å². The Bertz CT molecular complexity index is 902. The second-order valence-electron chi connectivity index (χ2n) is 7.51. The molecule has 0 N–H and O–H groups in total. The van der Waals surface area contributed by atoms with E-state index in [-0.39, 0.29) is 29.7 Å². The molecule has 0 saturated carbocycles. The summed E-state index contributed by atoms with van der Waals surface area (Å²) in [4.78, 5) is 29.2. The van der Waals surface area contributed by atoms with Gasteiger partial charge < -0.3 is 14.5 Å². The zero-order chi connectivity index (χ0) is 19.8. The van der Waals surface area contributed by atoms with E-state index in [2.05, 4.69) is 12.1 Å². The van der Waals surface area contributed by atoms with Crippen LogP contribution in [0.1, 0.15) is 28.9 Å². The highest BCUT2D eigenvalue weighted by Gasteiger charge is 2.50. The van der Waals surface area contributed by atoms with Crippen LogP contribution < -0.4 is 4.74 Å². The number of likely N-dealkylation sites (tertiary alicyclic amines) is 2. The van der Waals surface area contributed by atoms with Crippen LogP contribution in [0.3, 0.4) is 0 Å². The Hall–Kier alpha value is -2.53. The van der Waals surface area contributed by atoms with Crippen molar-refractivity contribution in [1.29, 1.82) is 0 Å². The zero-order valence-electron chi connectivity index (χ0n) is 16.0. The van der Waals surface area contributed by atoms with Crippen molar-refractivity contribution in [2.75, 3.05) is 26.7 Å². The standard InChI is InChI=1S/C22H23ClN2O3/c1-14(26)24-11-16-12-25(21(19(16)13-24)15-6-4-3-5-7-15)22(27)18-10-17(23)8-9-20(18)28-2/h3-10,16,19,21H,11-13H2,1-2H3/t16-,19-,21-/m0/s1. The van der Waals surface area contributed by atoms with Crippen LogP contribution in [-0.4, -0.2) is 48.4 Å². The number of carbonyl (C=O) groups is 2. The maximum atomic E-state index is 13.5. The number of methoxy groups -OCH3 is 1. The Balaban J connectivity index is 1.71. The normalized spacial score (nSPS) is 23.6. The molecule has 2 heterocycles. The van der Waals surface area contributed by atoms with Gasteiger partial charge in [-0.25, -0.2) is 0 Å². The lowest BCUT2D eigenvalue weighted by Gasteiger charge is -2.30. The molecule has 2 aliphatic rings. The maximum absolute atomic E-state index is 13.5. The highest BCUT2D eigenvalue weighted by atomic mass is 35.5. The van der Waals surface area contributed by atoms with Crippen molar-refractivity contribution in [1.82, 2.24) is 9.80 Å². The maximum Gasteiger partial charge on any atom is 0.258 e. The third-order valence-electron chi connectivity index (χ3n) is 5.90. The van der Waals surface area contributed by atoms with Crippen molar-refractivity contribution in [3.8, 4) is 5.75 Å². The third kappa shape index (κ3) is 3.24. The van der Waals surface area contributed by atoms with Crippen LogP contribution >= 0.6 is 11.6 Å². The average Bonchev–Trinajstić information content (AvgIpc) is 3.26. The molecule has 4 rings (SSSR count). The highest BCUT2D eigenvalue weighted by Crippen LogP contribution is 2.46. The van der Waals surface area contributed by atoms with Crippen molar-refractivity contribution in [3.63, 3.8) is 0 Å². The summed E-state index contributed by atoms with van der Waals surface area (Å²) >= 11 is 6.16. The van der Waals surface area contributed by atoms with E-state index in [0.717, 1.165) is 5.56 Å². The molecule has 5 nitrogen and oxygen atoms in total. The van der Waals surface area contributed by atoms with Crippen LogP contribution in [0.25, 0.3) is 0 Å². The van der Waals surface area contributed by atoms with Crippen LogP contribution in [0, 0.1) is 11.8 Å². The molecule has 0 unspecified atom stereocenters. The molecule has 6 heteroatoms. The van der Waals surface area contributed by atoms with Gasteiger partial charge in [0.25, 0.3) is 5.91 Å². The van der Waals surface area contributed by atoms with E-state index in [1.165, 1.54) is 0 Å². The van der Waals surface area contributed by atoms with E-state index in [0.29, 0.717) is 36.0 Å². The predicted molar refractivity (Wildman–Crippen MR) is 107 cm³/mol. The van der Waals surface area contributed by atoms with Crippen molar-refractivity contribution >= 4 is 23.4 Å². The molecule has 0 bridgehead atoms. The molecule has 0 radical (unpaired) electrons. The summed E-state index contributed by atoms with van der Waals surface area (Å²) in [6.45, 7) is 3.59. The van der Waals surface area contributed by atoms with Gasteiger partial charge in [0, 0.05) is 43.4 Å². The van der Waals surface area contributed by atoms with Crippen molar-refractivity contribution in [2.24, 2.45) is 11.8 Å². The molecule has 0 aliphatic carbocycles. The number of amides is 2. The fourth-order valence-electron chi connectivity index (χ4n) is 4.59. The Morgan fingerprint density at radius 1 is 1.07 bits per heavy atom. The van der Waals surface area contributed by atoms with Gasteiger partial charge in [-0.2, -0.15) is 0 Å². The Morgan fingerprint density at radius 2 is 1.82 bits per heavy atom. The van der Waals surface area contributed by atoms with E-state index >= 15 is 0 Å². The Morgan fingerprint density at radius 3 is 2.50 bits per heavy atom. The monoisotopic (exact) mass is 398 g/mol. The second-order valence-corrected chi connectivity index (χ2v) is 7.94. The van der Waals surface area contributed by atoms with Gasteiger partial charge in [-0.05, 0) is 23.8 Å². The fraction of sp³-hybridized carbons (Fsp3) is 0.364. The lowest BCUT2D eigenvalue weighted by molar-refractivity contribution is -0.128.